The molecule has 3 nitrogen and oxygen atoms in total. The van der Waals surface area contributed by atoms with Gasteiger partial charge in [-0.1, -0.05) is 12.1 Å². The van der Waals surface area contributed by atoms with Crippen LogP contribution in [0.5, 0.6) is 0 Å². The highest BCUT2D eigenvalue weighted by Gasteiger charge is 2.01. The Morgan fingerprint density at radius 3 is 2.64 bits per heavy atom. The van der Waals surface area contributed by atoms with Gasteiger partial charge in [-0.15, -0.1) is 0 Å². The lowest BCUT2D eigenvalue weighted by Crippen LogP contribution is -3.00. The number of hydrogen-bond donors (Lipinski definition) is 3. The van der Waals surface area contributed by atoms with Gasteiger partial charge in [-0.2, -0.15) is 0 Å². The van der Waals surface area contributed by atoms with Crippen LogP contribution in [0.2, 0.25) is 0 Å². The van der Waals surface area contributed by atoms with Crippen LogP contribution in [0.3, 0.4) is 0 Å². The summed E-state index contributed by atoms with van der Waals surface area (Å²) in [7, 11) is 0. The van der Waals surface area contributed by atoms with Crippen molar-refractivity contribution in [1.29, 1.82) is 0 Å². The number of aliphatic hydroxyl groups is 1. The van der Waals surface area contributed by atoms with Crippen LogP contribution in [0, 0.1) is 0 Å². The Kier molecular flexibility index (Phi) is 5.42. The summed E-state index contributed by atoms with van der Waals surface area (Å²) in [6.07, 6.45) is -0.445. The topological polar surface area (TPSA) is 60.2 Å². The lowest BCUT2D eigenvalue weighted by molar-refractivity contribution is -0.355. The van der Waals surface area contributed by atoms with E-state index in [1.54, 1.807) is 13.8 Å². The number of aliphatic hydroxyl groups excluding tert-OH is 1. The maximum Gasteiger partial charge on any atom is 0.242 e. The molecule has 4 N–H and O–H groups in total. The highest BCUT2D eigenvalue weighted by Crippen LogP contribution is 2.13. The van der Waals surface area contributed by atoms with Crippen LogP contribution in [-0.4, -0.2) is 10.9 Å². The molecule has 0 heterocycles. The highest BCUT2D eigenvalue weighted by atomic mass is 79.9. The van der Waals surface area contributed by atoms with Crippen LogP contribution in [0.4, 0.5) is 5.69 Å². The molecule has 78 valence electrons. The summed E-state index contributed by atoms with van der Waals surface area (Å²) in [5.41, 5.74) is 7.28. The van der Waals surface area contributed by atoms with Crippen LogP contribution in [0.1, 0.15) is 25.5 Å². The molecule has 0 saturated heterocycles. The molecule has 1 aromatic rings. The summed E-state index contributed by atoms with van der Waals surface area (Å²) in [4.78, 5) is 2.98. The number of amidine groups is 1. The monoisotopic (exact) mass is 258 g/mol. The molecule has 0 aliphatic carbocycles. The summed E-state index contributed by atoms with van der Waals surface area (Å²) in [5, 5.41) is 9.32. The lowest BCUT2D eigenvalue weighted by Gasteiger charge is -2.03. The zero-order valence-corrected chi connectivity index (χ0v) is 9.88. The van der Waals surface area contributed by atoms with Crippen molar-refractivity contribution in [2.45, 2.75) is 20.0 Å². The van der Waals surface area contributed by atoms with Crippen molar-refractivity contribution in [2.24, 2.45) is 5.73 Å². The lowest BCUT2D eigenvalue weighted by atomic mass is 10.1. The van der Waals surface area contributed by atoms with E-state index in [9.17, 15) is 5.11 Å². The Hall–Kier alpha value is -0.870. The Balaban J connectivity index is 0.00000169. The minimum absolute atomic E-state index is 0. The molecule has 1 atom stereocenters. The fraction of sp³-hybridized carbons (Fsp3) is 0.300. The Morgan fingerprint density at radius 1 is 1.50 bits per heavy atom. The summed E-state index contributed by atoms with van der Waals surface area (Å²) in [6.45, 7) is 3.52. The molecular formula is C10H15BrN2O. The number of nitrogens with two attached hydrogens (primary N) is 1. The first kappa shape index (κ1) is 13.1. The van der Waals surface area contributed by atoms with Gasteiger partial charge in [0.05, 0.1) is 6.10 Å². The first-order valence-corrected chi connectivity index (χ1v) is 4.23. The van der Waals surface area contributed by atoms with Crippen molar-refractivity contribution in [1.82, 2.24) is 0 Å². The molecule has 0 aromatic heterocycles. The van der Waals surface area contributed by atoms with E-state index in [0.717, 1.165) is 11.3 Å². The fourth-order valence-corrected chi connectivity index (χ4v) is 1.10. The SMILES string of the molecule is CC(N)=[NH+]c1cccc(C(C)O)c1.[Br-]. The van der Waals surface area contributed by atoms with Gasteiger partial charge in [0.2, 0.25) is 5.84 Å². The van der Waals surface area contributed by atoms with E-state index in [-0.39, 0.29) is 17.0 Å². The van der Waals surface area contributed by atoms with Gasteiger partial charge in [-0.3, -0.25) is 5.73 Å². The average molecular weight is 259 g/mol. The van der Waals surface area contributed by atoms with Gasteiger partial charge in [0.1, 0.15) is 5.69 Å². The molecule has 0 radical (unpaired) electrons. The molecule has 0 aliphatic rings. The Bertz CT molecular complexity index is 320. The normalized spacial score (nSPS) is 13.2. The summed E-state index contributed by atoms with van der Waals surface area (Å²) < 4.78 is 0. The van der Waals surface area contributed by atoms with Crippen molar-refractivity contribution in [2.75, 3.05) is 0 Å². The largest absolute Gasteiger partial charge is 1.00 e. The molecule has 14 heavy (non-hydrogen) atoms. The van der Waals surface area contributed by atoms with Gasteiger partial charge >= 0.3 is 0 Å². The Labute approximate surface area is 94.4 Å². The highest BCUT2D eigenvalue weighted by molar-refractivity contribution is 5.72. The minimum Gasteiger partial charge on any atom is -1.00 e. The predicted molar refractivity (Wildman–Crippen MR) is 52.6 cm³/mol. The molecule has 1 aromatic carbocycles. The van der Waals surface area contributed by atoms with Crippen LogP contribution >= 0.6 is 0 Å². The number of hydrogen-bond acceptors (Lipinski definition) is 1. The fourth-order valence-electron chi connectivity index (χ4n) is 1.10. The number of rotatable bonds is 2. The third-order valence-corrected chi connectivity index (χ3v) is 1.71. The maximum atomic E-state index is 9.32. The van der Waals surface area contributed by atoms with Gasteiger partial charge in [0, 0.05) is 6.92 Å². The summed E-state index contributed by atoms with van der Waals surface area (Å²) >= 11 is 0. The number of benzene rings is 1. The third-order valence-electron chi connectivity index (χ3n) is 1.71. The minimum atomic E-state index is -0.445. The summed E-state index contributed by atoms with van der Waals surface area (Å²) in [6, 6.07) is 7.54. The van der Waals surface area contributed by atoms with Gasteiger partial charge < -0.3 is 22.1 Å². The van der Waals surface area contributed by atoms with E-state index in [1.807, 2.05) is 24.3 Å². The van der Waals surface area contributed by atoms with Crippen LogP contribution in [0.15, 0.2) is 24.3 Å². The van der Waals surface area contributed by atoms with E-state index in [4.69, 9.17) is 5.73 Å². The number of nitrogens with one attached hydrogen (secondary N) is 1. The Morgan fingerprint density at radius 2 is 2.14 bits per heavy atom. The zero-order chi connectivity index (χ0) is 9.84. The van der Waals surface area contributed by atoms with Crippen molar-refractivity contribution in [3.8, 4) is 0 Å². The number of halogens is 1. The molecule has 1 rings (SSSR count). The molecule has 4 heteroatoms. The zero-order valence-electron chi connectivity index (χ0n) is 8.29. The van der Waals surface area contributed by atoms with Gasteiger partial charge in [0.25, 0.3) is 0 Å². The second kappa shape index (κ2) is 5.78. The van der Waals surface area contributed by atoms with Crippen molar-refractivity contribution in [3.63, 3.8) is 0 Å². The second-order valence-corrected chi connectivity index (χ2v) is 3.11. The van der Waals surface area contributed by atoms with Crippen molar-refractivity contribution in [3.05, 3.63) is 29.8 Å². The van der Waals surface area contributed by atoms with E-state index < -0.39 is 6.10 Å². The van der Waals surface area contributed by atoms with Gasteiger partial charge in [0.15, 0.2) is 0 Å². The van der Waals surface area contributed by atoms with E-state index >= 15 is 0 Å². The van der Waals surface area contributed by atoms with Crippen LogP contribution in [-0.2, 0) is 0 Å². The molecule has 0 spiro atoms. The van der Waals surface area contributed by atoms with Crippen molar-refractivity contribution >= 4 is 11.5 Å². The molecule has 0 saturated carbocycles. The summed E-state index contributed by atoms with van der Waals surface area (Å²) in [5.74, 6) is 0.641. The third kappa shape index (κ3) is 3.89. The van der Waals surface area contributed by atoms with Gasteiger partial charge in [-0.05, 0) is 24.6 Å². The molecule has 0 amide bonds. The van der Waals surface area contributed by atoms with Crippen LogP contribution in [0.25, 0.3) is 0 Å². The molecule has 1 unspecified atom stereocenters. The molecule has 0 fully saturated rings. The maximum absolute atomic E-state index is 9.32. The smallest absolute Gasteiger partial charge is 0.242 e. The van der Waals surface area contributed by atoms with Crippen molar-refractivity contribution < 1.29 is 27.1 Å². The van der Waals surface area contributed by atoms with E-state index in [2.05, 4.69) is 4.99 Å². The first-order chi connectivity index (χ1) is 6.09. The quantitative estimate of drug-likeness (QED) is 0.388. The van der Waals surface area contributed by atoms with E-state index in [1.165, 1.54) is 0 Å². The standard InChI is InChI=1S/C10H14N2O.BrH/c1-7(13)9-4-3-5-10(6-9)12-8(2)11;/h3-7,13H,1-2H3,(H2,11,12);1H. The first-order valence-electron chi connectivity index (χ1n) is 4.23. The molecule has 0 aliphatic heterocycles. The van der Waals surface area contributed by atoms with E-state index in [0.29, 0.717) is 5.84 Å². The van der Waals surface area contributed by atoms with Gasteiger partial charge in [-0.25, -0.2) is 4.99 Å². The second-order valence-electron chi connectivity index (χ2n) is 3.11. The predicted octanol–water partition coefficient (Wildman–Crippen LogP) is -3.17. The molecule has 0 bridgehead atoms. The average Bonchev–Trinajstić information content (AvgIpc) is 2.03. The van der Waals surface area contributed by atoms with Crippen LogP contribution < -0.4 is 27.7 Å². The molecular weight excluding hydrogens is 244 g/mol.